The van der Waals surface area contributed by atoms with E-state index >= 15 is 0 Å². The van der Waals surface area contributed by atoms with E-state index in [0.29, 0.717) is 11.8 Å². The number of nitrogens with one attached hydrogen (secondary N) is 1. The summed E-state index contributed by atoms with van der Waals surface area (Å²) in [4.78, 5) is 18.0. The third kappa shape index (κ3) is 2.46. The molecule has 0 unspecified atom stereocenters. The summed E-state index contributed by atoms with van der Waals surface area (Å²) < 4.78 is 5.10. The van der Waals surface area contributed by atoms with E-state index in [2.05, 4.69) is 15.5 Å². The van der Waals surface area contributed by atoms with Crippen molar-refractivity contribution in [2.24, 2.45) is 0 Å². The summed E-state index contributed by atoms with van der Waals surface area (Å²) in [5, 5.41) is 7.12. The number of piperazine rings is 1. The quantitative estimate of drug-likeness (QED) is 0.795. The predicted molar refractivity (Wildman–Crippen MR) is 59.4 cm³/mol. The number of carbonyl (C=O) groups excluding carboxylic acids is 1. The largest absolute Gasteiger partial charge is 0.340 e. The summed E-state index contributed by atoms with van der Waals surface area (Å²) >= 11 is 0. The minimum absolute atomic E-state index is 0.0810. The van der Waals surface area contributed by atoms with Crippen LogP contribution in [-0.2, 0) is 11.2 Å². The van der Waals surface area contributed by atoms with Crippen LogP contribution in [-0.4, -0.2) is 47.1 Å². The van der Waals surface area contributed by atoms with E-state index in [0.717, 1.165) is 44.8 Å². The average molecular weight is 236 g/mol. The maximum atomic E-state index is 11.9. The van der Waals surface area contributed by atoms with Crippen molar-refractivity contribution in [3.05, 3.63) is 11.7 Å². The second kappa shape index (κ2) is 4.44. The van der Waals surface area contributed by atoms with Gasteiger partial charge in [0.1, 0.15) is 6.42 Å². The molecule has 1 aromatic heterocycles. The molecular formula is C11H16N4O2. The first kappa shape index (κ1) is 10.7. The van der Waals surface area contributed by atoms with E-state index in [9.17, 15) is 4.79 Å². The molecule has 0 atom stereocenters. The van der Waals surface area contributed by atoms with E-state index in [-0.39, 0.29) is 12.3 Å². The average Bonchev–Trinajstić information content (AvgIpc) is 3.12. The summed E-state index contributed by atoms with van der Waals surface area (Å²) in [5.74, 6) is 1.78. The lowest BCUT2D eigenvalue weighted by Crippen LogP contribution is -2.46. The molecule has 0 radical (unpaired) electrons. The monoisotopic (exact) mass is 236 g/mol. The minimum atomic E-state index is 0.0810. The van der Waals surface area contributed by atoms with Crippen LogP contribution in [0.3, 0.4) is 0 Å². The standard InChI is InChI=1S/C11H16N4O2/c16-10(15-5-3-12-4-6-15)7-9-13-11(14-17-9)8-1-2-8/h8,12H,1-7H2. The Morgan fingerprint density at radius 1 is 1.41 bits per heavy atom. The SMILES string of the molecule is O=C(Cc1nc(C2CC2)no1)N1CCNCC1. The Balaban J connectivity index is 1.58. The number of hydrogen-bond donors (Lipinski definition) is 1. The minimum Gasteiger partial charge on any atom is -0.340 e. The molecule has 2 aliphatic rings. The van der Waals surface area contributed by atoms with Gasteiger partial charge >= 0.3 is 0 Å². The van der Waals surface area contributed by atoms with Crippen molar-refractivity contribution in [2.75, 3.05) is 26.2 Å². The summed E-state index contributed by atoms with van der Waals surface area (Å²) in [6, 6.07) is 0. The predicted octanol–water partition coefficient (Wildman–Crippen LogP) is -0.0787. The molecule has 6 heteroatoms. The summed E-state index contributed by atoms with van der Waals surface area (Å²) in [6.45, 7) is 3.26. The maximum Gasteiger partial charge on any atom is 0.236 e. The number of hydrogen-bond acceptors (Lipinski definition) is 5. The molecule has 6 nitrogen and oxygen atoms in total. The zero-order chi connectivity index (χ0) is 11.7. The van der Waals surface area contributed by atoms with Crippen LogP contribution < -0.4 is 5.32 Å². The van der Waals surface area contributed by atoms with Gasteiger partial charge in [0.15, 0.2) is 5.82 Å². The molecule has 1 N–H and O–H groups in total. The number of aromatic nitrogens is 2. The van der Waals surface area contributed by atoms with Gasteiger partial charge in [-0.25, -0.2) is 0 Å². The van der Waals surface area contributed by atoms with E-state index in [4.69, 9.17) is 4.52 Å². The van der Waals surface area contributed by atoms with Crippen LogP contribution in [0.15, 0.2) is 4.52 Å². The Morgan fingerprint density at radius 3 is 2.88 bits per heavy atom. The van der Waals surface area contributed by atoms with E-state index in [1.807, 2.05) is 4.90 Å². The van der Waals surface area contributed by atoms with Crippen LogP contribution in [0, 0.1) is 0 Å². The lowest BCUT2D eigenvalue weighted by atomic mass is 10.3. The van der Waals surface area contributed by atoms with Crippen molar-refractivity contribution in [3.63, 3.8) is 0 Å². The molecule has 3 rings (SSSR count). The molecule has 1 saturated heterocycles. The van der Waals surface area contributed by atoms with E-state index in [1.54, 1.807) is 0 Å². The molecule has 1 aliphatic heterocycles. The van der Waals surface area contributed by atoms with E-state index < -0.39 is 0 Å². The molecule has 1 saturated carbocycles. The van der Waals surface area contributed by atoms with Gasteiger partial charge < -0.3 is 14.7 Å². The van der Waals surface area contributed by atoms with Crippen LogP contribution >= 0.6 is 0 Å². The van der Waals surface area contributed by atoms with Crippen molar-refractivity contribution in [1.82, 2.24) is 20.4 Å². The first-order valence-corrected chi connectivity index (χ1v) is 6.14. The molecule has 92 valence electrons. The molecule has 0 aromatic carbocycles. The normalized spacial score (nSPS) is 20.6. The highest BCUT2D eigenvalue weighted by Gasteiger charge is 2.29. The summed E-state index contributed by atoms with van der Waals surface area (Å²) in [7, 11) is 0. The zero-order valence-electron chi connectivity index (χ0n) is 9.69. The molecule has 1 aliphatic carbocycles. The molecular weight excluding hydrogens is 220 g/mol. The highest BCUT2D eigenvalue weighted by Crippen LogP contribution is 2.38. The Labute approximate surface area is 99.4 Å². The van der Waals surface area contributed by atoms with Gasteiger partial charge in [0.25, 0.3) is 0 Å². The lowest BCUT2D eigenvalue weighted by Gasteiger charge is -2.26. The van der Waals surface area contributed by atoms with Crippen molar-refractivity contribution >= 4 is 5.91 Å². The van der Waals surface area contributed by atoms with Crippen molar-refractivity contribution in [3.8, 4) is 0 Å². The van der Waals surface area contributed by atoms with Gasteiger partial charge in [-0.05, 0) is 12.8 Å². The number of carbonyl (C=O) groups is 1. The van der Waals surface area contributed by atoms with Crippen LogP contribution in [0.4, 0.5) is 0 Å². The Kier molecular flexibility index (Phi) is 2.80. The third-order valence-corrected chi connectivity index (χ3v) is 3.20. The van der Waals surface area contributed by atoms with Gasteiger partial charge in [0, 0.05) is 32.1 Å². The van der Waals surface area contributed by atoms with Gasteiger partial charge in [0.2, 0.25) is 11.8 Å². The van der Waals surface area contributed by atoms with Crippen LogP contribution in [0.1, 0.15) is 30.5 Å². The van der Waals surface area contributed by atoms with Crippen molar-refractivity contribution in [2.45, 2.75) is 25.2 Å². The van der Waals surface area contributed by atoms with Crippen LogP contribution in [0.5, 0.6) is 0 Å². The van der Waals surface area contributed by atoms with Crippen LogP contribution in [0.2, 0.25) is 0 Å². The fourth-order valence-electron chi connectivity index (χ4n) is 2.00. The van der Waals surface area contributed by atoms with Gasteiger partial charge in [-0.2, -0.15) is 4.98 Å². The van der Waals surface area contributed by atoms with Gasteiger partial charge in [0.05, 0.1) is 0 Å². The molecule has 2 fully saturated rings. The fourth-order valence-corrected chi connectivity index (χ4v) is 2.00. The second-order valence-corrected chi connectivity index (χ2v) is 4.63. The summed E-state index contributed by atoms with van der Waals surface area (Å²) in [6.07, 6.45) is 2.52. The molecule has 1 aromatic rings. The molecule has 17 heavy (non-hydrogen) atoms. The number of rotatable bonds is 3. The molecule has 0 spiro atoms. The topological polar surface area (TPSA) is 71.3 Å². The Hall–Kier alpha value is -1.43. The first-order chi connectivity index (χ1) is 8.33. The summed E-state index contributed by atoms with van der Waals surface area (Å²) in [5.41, 5.74) is 0. The van der Waals surface area contributed by atoms with E-state index in [1.165, 1.54) is 0 Å². The lowest BCUT2D eigenvalue weighted by molar-refractivity contribution is -0.131. The maximum absolute atomic E-state index is 11.9. The third-order valence-electron chi connectivity index (χ3n) is 3.20. The Morgan fingerprint density at radius 2 is 2.18 bits per heavy atom. The fraction of sp³-hybridized carbons (Fsp3) is 0.727. The first-order valence-electron chi connectivity index (χ1n) is 6.14. The second-order valence-electron chi connectivity index (χ2n) is 4.63. The Bertz CT molecular complexity index is 407. The van der Waals surface area contributed by atoms with Crippen molar-refractivity contribution < 1.29 is 9.32 Å². The highest BCUT2D eigenvalue weighted by molar-refractivity contribution is 5.77. The molecule has 0 bridgehead atoms. The number of nitrogens with zero attached hydrogens (tertiary/aromatic N) is 3. The molecule has 2 heterocycles. The zero-order valence-corrected chi connectivity index (χ0v) is 9.69. The number of amides is 1. The van der Waals surface area contributed by atoms with Crippen molar-refractivity contribution in [1.29, 1.82) is 0 Å². The molecule has 1 amide bonds. The smallest absolute Gasteiger partial charge is 0.236 e. The highest BCUT2D eigenvalue weighted by atomic mass is 16.5. The van der Waals surface area contributed by atoms with Crippen LogP contribution in [0.25, 0.3) is 0 Å². The van der Waals surface area contributed by atoms with Gasteiger partial charge in [-0.1, -0.05) is 5.16 Å². The van der Waals surface area contributed by atoms with Gasteiger partial charge in [-0.3, -0.25) is 4.79 Å². The van der Waals surface area contributed by atoms with Gasteiger partial charge in [-0.15, -0.1) is 0 Å².